The average molecular weight is 266 g/mol. The van der Waals surface area contributed by atoms with E-state index in [4.69, 9.17) is 0 Å². The molecule has 1 N–H and O–H groups in total. The van der Waals surface area contributed by atoms with Crippen LogP contribution in [0.25, 0.3) is 0 Å². The van der Waals surface area contributed by atoms with Gasteiger partial charge in [-0.15, -0.1) is 0 Å². The third kappa shape index (κ3) is 2.81. The van der Waals surface area contributed by atoms with Crippen molar-refractivity contribution in [1.82, 2.24) is 10.2 Å². The van der Waals surface area contributed by atoms with Crippen molar-refractivity contribution in [3.63, 3.8) is 0 Å². The van der Waals surface area contributed by atoms with Crippen LogP contribution < -0.4 is 5.32 Å². The van der Waals surface area contributed by atoms with Gasteiger partial charge < -0.3 is 4.90 Å². The van der Waals surface area contributed by atoms with E-state index in [-0.39, 0.29) is 11.7 Å². The van der Waals surface area contributed by atoms with Gasteiger partial charge in [-0.05, 0) is 32.6 Å². The Balaban J connectivity index is 2.10. The first kappa shape index (κ1) is 14.8. The molecule has 1 amide bonds. The Morgan fingerprint density at radius 2 is 1.95 bits per heavy atom. The molecule has 2 unspecified atom stereocenters. The summed E-state index contributed by atoms with van der Waals surface area (Å²) in [6.07, 6.45) is 10.6. The van der Waals surface area contributed by atoms with Crippen LogP contribution in [0.2, 0.25) is 0 Å². The minimum Gasteiger partial charge on any atom is -0.323 e. The van der Waals surface area contributed by atoms with Crippen molar-refractivity contribution in [2.45, 2.75) is 96.3 Å². The standard InChI is InChI=1S/C16H30N2O/c1-4-6-10-14(9-5-2)18-13(3)17-16(15(18)19)11-7-8-12-16/h13-14,17H,4-12H2,1-3H3. The minimum absolute atomic E-state index is 0.197. The Morgan fingerprint density at radius 3 is 2.53 bits per heavy atom. The predicted molar refractivity (Wildman–Crippen MR) is 78.9 cm³/mol. The van der Waals surface area contributed by atoms with E-state index >= 15 is 0 Å². The van der Waals surface area contributed by atoms with Gasteiger partial charge in [-0.1, -0.05) is 46.0 Å². The number of rotatable bonds is 6. The lowest BCUT2D eigenvalue weighted by atomic mass is 9.96. The molecule has 0 aromatic rings. The summed E-state index contributed by atoms with van der Waals surface area (Å²) < 4.78 is 0. The van der Waals surface area contributed by atoms with Gasteiger partial charge in [0.15, 0.2) is 0 Å². The number of amides is 1. The van der Waals surface area contributed by atoms with Crippen molar-refractivity contribution in [1.29, 1.82) is 0 Å². The first-order valence-electron chi connectivity index (χ1n) is 8.25. The maximum Gasteiger partial charge on any atom is 0.244 e. The second-order valence-electron chi connectivity index (χ2n) is 6.41. The number of carbonyl (C=O) groups is 1. The fraction of sp³-hybridized carbons (Fsp3) is 0.938. The van der Waals surface area contributed by atoms with Gasteiger partial charge in [-0.2, -0.15) is 0 Å². The fourth-order valence-electron chi connectivity index (χ4n) is 3.97. The SMILES string of the molecule is CCCCC(CCC)N1C(=O)C2(CCCC2)NC1C. The molecule has 2 fully saturated rings. The highest BCUT2D eigenvalue weighted by Crippen LogP contribution is 2.38. The van der Waals surface area contributed by atoms with E-state index in [1.54, 1.807) is 0 Å². The van der Waals surface area contributed by atoms with E-state index in [9.17, 15) is 4.79 Å². The van der Waals surface area contributed by atoms with Crippen LogP contribution >= 0.6 is 0 Å². The van der Waals surface area contributed by atoms with Gasteiger partial charge in [0.25, 0.3) is 0 Å². The second-order valence-corrected chi connectivity index (χ2v) is 6.41. The zero-order chi connectivity index (χ0) is 13.9. The van der Waals surface area contributed by atoms with E-state index in [2.05, 4.69) is 31.0 Å². The molecule has 3 heteroatoms. The molecule has 1 aliphatic heterocycles. The molecule has 1 aliphatic carbocycles. The maximum absolute atomic E-state index is 12.9. The third-order valence-corrected chi connectivity index (χ3v) is 4.91. The van der Waals surface area contributed by atoms with Gasteiger partial charge in [0.2, 0.25) is 5.91 Å². The van der Waals surface area contributed by atoms with Crippen molar-refractivity contribution < 1.29 is 4.79 Å². The number of hydrogen-bond donors (Lipinski definition) is 1. The Hall–Kier alpha value is -0.570. The van der Waals surface area contributed by atoms with Crippen LogP contribution in [0.3, 0.4) is 0 Å². The largest absolute Gasteiger partial charge is 0.323 e. The topological polar surface area (TPSA) is 32.3 Å². The number of unbranched alkanes of at least 4 members (excludes halogenated alkanes) is 1. The van der Waals surface area contributed by atoms with Crippen LogP contribution in [0.1, 0.15) is 78.6 Å². The summed E-state index contributed by atoms with van der Waals surface area (Å²) in [5.74, 6) is 0.395. The first-order chi connectivity index (χ1) is 9.14. The summed E-state index contributed by atoms with van der Waals surface area (Å²) >= 11 is 0. The number of nitrogens with zero attached hydrogens (tertiary/aromatic N) is 1. The van der Waals surface area contributed by atoms with E-state index < -0.39 is 0 Å². The second kappa shape index (κ2) is 6.25. The van der Waals surface area contributed by atoms with Gasteiger partial charge in [0, 0.05) is 6.04 Å². The molecular formula is C16H30N2O. The highest BCUT2D eigenvalue weighted by Gasteiger charge is 2.52. The minimum atomic E-state index is -0.197. The normalized spacial score (nSPS) is 27.4. The smallest absolute Gasteiger partial charge is 0.244 e. The van der Waals surface area contributed by atoms with Crippen molar-refractivity contribution in [3.05, 3.63) is 0 Å². The summed E-state index contributed by atoms with van der Waals surface area (Å²) in [5.41, 5.74) is -0.197. The van der Waals surface area contributed by atoms with Crippen molar-refractivity contribution in [2.24, 2.45) is 0 Å². The number of hydrogen-bond acceptors (Lipinski definition) is 2. The van der Waals surface area contributed by atoms with Crippen LogP contribution in [0, 0.1) is 0 Å². The quantitative estimate of drug-likeness (QED) is 0.799. The lowest BCUT2D eigenvalue weighted by Gasteiger charge is -2.31. The zero-order valence-corrected chi connectivity index (χ0v) is 12.9. The summed E-state index contributed by atoms with van der Waals surface area (Å²) in [6.45, 7) is 6.62. The zero-order valence-electron chi connectivity index (χ0n) is 12.9. The van der Waals surface area contributed by atoms with Crippen molar-refractivity contribution >= 4 is 5.91 Å². The number of carbonyl (C=O) groups excluding carboxylic acids is 1. The predicted octanol–water partition coefficient (Wildman–Crippen LogP) is 3.44. The Morgan fingerprint density at radius 1 is 1.26 bits per heavy atom. The molecular weight excluding hydrogens is 236 g/mol. The van der Waals surface area contributed by atoms with Crippen LogP contribution in [0.5, 0.6) is 0 Å². The molecule has 0 bridgehead atoms. The number of nitrogens with one attached hydrogen (secondary N) is 1. The molecule has 0 aromatic heterocycles. The fourth-order valence-corrected chi connectivity index (χ4v) is 3.97. The van der Waals surface area contributed by atoms with E-state index in [0.717, 1.165) is 32.1 Å². The molecule has 110 valence electrons. The van der Waals surface area contributed by atoms with Crippen LogP contribution in [-0.2, 0) is 4.79 Å². The van der Waals surface area contributed by atoms with Gasteiger partial charge >= 0.3 is 0 Å². The van der Waals surface area contributed by atoms with E-state index in [1.165, 1.54) is 25.7 Å². The summed E-state index contributed by atoms with van der Waals surface area (Å²) in [4.78, 5) is 15.1. The Bertz CT molecular complexity index is 310. The van der Waals surface area contributed by atoms with Crippen molar-refractivity contribution in [3.8, 4) is 0 Å². The van der Waals surface area contributed by atoms with Crippen LogP contribution in [-0.4, -0.2) is 28.6 Å². The highest BCUT2D eigenvalue weighted by atomic mass is 16.2. The third-order valence-electron chi connectivity index (χ3n) is 4.91. The lowest BCUT2D eigenvalue weighted by Crippen LogP contribution is -2.45. The van der Waals surface area contributed by atoms with E-state index in [0.29, 0.717) is 11.9 Å². The molecule has 2 aliphatic rings. The monoisotopic (exact) mass is 266 g/mol. The van der Waals surface area contributed by atoms with Gasteiger partial charge in [0.1, 0.15) is 0 Å². The molecule has 0 radical (unpaired) electrons. The molecule has 3 nitrogen and oxygen atoms in total. The van der Waals surface area contributed by atoms with Gasteiger partial charge in [-0.25, -0.2) is 0 Å². The highest BCUT2D eigenvalue weighted by molar-refractivity contribution is 5.89. The average Bonchev–Trinajstić information content (AvgIpc) is 2.93. The molecule has 1 saturated heterocycles. The van der Waals surface area contributed by atoms with Gasteiger partial charge in [-0.3, -0.25) is 10.1 Å². The van der Waals surface area contributed by atoms with Crippen LogP contribution in [0.15, 0.2) is 0 Å². The lowest BCUT2D eigenvalue weighted by molar-refractivity contribution is -0.135. The maximum atomic E-state index is 12.9. The Kier molecular flexibility index (Phi) is 4.88. The molecule has 19 heavy (non-hydrogen) atoms. The summed E-state index contributed by atoms with van der Waals surface area (Å²) in [6, 6.07) is 0.444. The Labute approximate surface area is 118 Å². The summed E-state index contributed by atoms with van der Waals surface area (Å²) in [7, 11) is 0. The molecule has 2 rings (SSSR count). The molecule has 1 spiro atoms. The molecule has 1 saturated carbocycles. The summed E-state index contributed by atoms with van der Waals surface area (Å²) in [5, 5.41) is 3.62. The molecule has 0 aromatic carbocycles. The molecule has 1 heterocycles. The van der Waals surface area contributed by atoms with Gasteiger partial charge in [0.05, 0.1) is 11.7 Å². The van der Waals surface area contributed by atoms with E-state index in [1.807, 2.05) is 0 Å². The molecule has 2 atom stereocenters. The van der Waals surface area contributed by atoms with Crippen LogP contribution in [0.4, 0.5) is 0 Å². The van der Waals surface area contributed by atoms with Crippen molar-refractivity contribution in [2.75, 3.05) is 0 Å². The first-order valence-corrected chi connectivity index (χ1v) is 8.25.